The molecule has 0 saturated carbocycles. The van der Waals surface area contributed by atoms with Gasteiger partial charge < -0.3 is 4.98 Å². The number of benzene rings is 1. The van der Waals surface area contributed by atoms with Crippen LogP contribution in [-0.4, -0.2) is 4.98 Å². The SMILES string of the molecule is O=c1cccc(-c2ccccc2F)[nH]1. The van der Waals surface area contributed by atoms with Gasteiger partial charge in [-0.15, -0.1) is 0 Å². The molecule has 14 heavy (non-hydrogen) atoms. The van der Waals surface area contributed by atoms with Crippen molar-refractivity contribution in [3.05, 3.63) is 58.6 Å². The maximum absolute atomic E-state index is 13.3. The third-order valence-electron chi connectivity index (χ3n) is 1.93. The lowest BCUT2D eigenvalue weighted by Gasteiger charge is -2.01. The Kier molecular flexibility index (Phi) is 2.14. The fourth-order valence-corrected chi connectivity index (χ4v) is 1.28. The van der Waals surface area contributed by atoms with E-state index in [4.69, 9.17) is 0 Å². The normalized spacial score (nSPS) is 10.1. The van der Waals surface area contributed by atoms with Crippen LogP contribution in [0.5, 0.6) is 0 Å². The summed E-state index contributed by atoms with van der Waals surface area (Å²) in [6.07, 6.45) is 0. The third-order valence-corrected chi connectivity index (χ3v) is 1.93. The molecule has 0 radical (unpaired) electrons. The van der Waals surface area contributed by atoms with E-state index in [-0.39, 0.29) is 11.4 Å². The molecule has 3 heteroatoms. The van der Waals surface area contributed by atoms with Gasteiger partial charge in [-0.05, 0) is 18.2 Å². The van der Waals surface area contributed by atoms with E-state index in [1.165, 1.54) is 12.1 Å². The van der Waals surface area contributed by atoms with Gasteiger partial charge in [0, 0.05) is 11.6 Å². The van der Waals surface area contributed by atoms with Gasteiger partial charge >= 0.3 is 0 Å². The van der Waals surface area contributed by atoms with Gasteiger partial charge in [-0.1, -0.05) is 18.2 Å². The first kappa shape index (κ1) is 8.69. The molecule has 2 rings (SSSR count). The Morgan fingerprint density at radius 1 is 1.00 bits per heavy atom. The van der Waals surface area contributed by atoms with E-state index in [0.717, 1.165) is 0 Å². The van der Waals surface area contributed by atoms with Crippen LogP contribution in [0, 0.1) is 5.82 Å². The molecule has 1 N–H and O–H groups in total. The minimum Gasteiger partial charge on any atom is -0.322 e. The number of hydrogen-bond acceptors (Lipinski definition) is 1. The van der Waals surface area contributed by atoms with E-state index >= 15 is 0 Å². The molecule has 2 nitrogen and oxygen atoms in total. The van der Waals surface area contributed by atoms with Crippen LogP contribution in [0.15, 0.2) is 47.3 Å². The zero-order valence-electron chi connectivity index (χ0n) is 7.33. The van der Waals surface area contributed by atoms with Gasteiger partial charge in [-0.3, -0.25) is 4.79 Å². The Hall–Kier alpha value is -1.90. The first-order valence-electron chi connectivity index (χ1n) is 4.21. The molecule has 0 bridgehead atoms. The quantitative estimate of drug-likeness (QED) is 0.732. The molecular formula is C11H8FNO. The maximum Gasteiger partial charge on any atom is 0.248 e. The summed E-state index contributed by atoms with van der Waals surface area (Å²) in [6.45, 7) is 0. The average molecular weight is 189 g/mol. The topological polar surface area (TPSA) is 32.9 Å². The van der Waals surface area contributed by atoms with Gasteiger partial charge in [0.1, 0.15) is 5.82 Å². The largest absolute Gasteiger partial charge is 0.322 e. The number of halogens is 1. The van der Waals surface area contributed by atoms with Crippen molar-refractivity contribution in [1.82, 2.24) is 4.98 Å². The van der Waals surface area contributed by atoms with E-state index < -0.39 is 0 Å². The number of hydrogen-bond donors (Lipinski definition) is 1. The zero-order chi connectivity index (χ0) is 9.97. The van der Waals surface area contributed by atoms with Gasteiger partial charge in [0.25, 0.3) is 0 Å². The van der Waals surface area contributed by atoms with Crippen LogP contribution in [0.2, 0.25) is 0 Å². The van der Waals surface area contributed by atoms with E-state index in [2.05, 4.69) is 4.98 Å². The molecule has 0 unspecified atom stereocenters. The number of pyridine rings is 1. The summed E-state index contributed by atoms with van der Waals surface area (Å²) in [5.74, 6) is -0.339. The molecule has 0 spiro atoms. The monoisotopic (exact) mass is 189 g/mol. The second kappa shape index (κ2) is 3.46. The first-order chi connectivity index (χ1) is 6.77. The zero-order valence-corrected chi connectivity index (χ0v) is 7.33. The van der Waals surface area contributed by atoms with Crippen LogP contribution in [0.4, 0.5) is 4.39 Å². The molecular weight excluding hydrogens is 181 g/mol. The summed E-state index contributed by atoms with van der Waals surface area (Å²) in [5, 5.41) is 0. The molecule has 1 heterocycles. The van der Waals surface area contributed by atoms with Crippen molar-refractivity contribution >= 4 is 0 Å². The van der Waals surface area contributed by atoms with Crippen LogP contribution in [0.1, 0.15) is 0 Å². The van der Waals surface area contributed by atoms with Gasteiger partial charge in [0.2, 0.25) is 5.56 Å². The molecule has 0 atom stereocenters. The van der Waals surface area contributed by atoms with E-state index in [9.17, 15) is 9.18 Å². The van der Waals surface area contributed by atoms with Crippen LogP contribution in [0.3, 0.4) is 0 Å². The lowest BCUT2D eigenvalue weighted by molar-refractivity contribution is 0.630. The van der Waals surface area contributed by atoms with Crippen molar-refractivity contribution in [1.29, 1.82) is 0 Å². The predicted octanol–water partition coefficient (Wildman–Crippen LogP) is 2.18. The molecule has 0 aliphatic carbocycles. The highest BCUT2D eigenvalue weighted by Crippen LogP contribution is 2.18. The Labute approximate surface area is 80.0 Å². The number of nitrogens with one attached hydrogen (secondary N) is 1. The summed E-state index contributed by atoms with van der Waals surface area (Å²) in [5.41, 5.74) is 0.673. The Morgan fingerprint density at radius 2 is 1.79 bits per heavy atom. The molecule has 0 aliphatic rings. The standard InChI is InChI=1S/C11H8FNO/c12-9-5-2-1-4-8(9)10-6-3-7-11(14)13-10/h1-7H,(H,13,14). The fraction of sp³-hybridized carbons (Fsp3) is 0. The van der Waals surface area contributed by atoms with Crippen LogP contribution in [-0.2, 0) is 0 Å². The van der Waals surface area contributed by atoms with Crippen molar-refractivity contribution in [3.8, 4) is 11.3 Å². The van der Waals surface area contributed by atoms with Crippen LogP contribution >= 0.6 is 0 Å². The first-order valence-corrected chi connectivity index (χ1v) is 4.21. The summed E-state index contributed by atoms with van der Waals surface area (Å²) >= 11 is 0. The lowest BCUT2D eigenvalue weighted by Crippen LogP contribution is -2.04. The third kappa shape index (κ3) is 1.57. The van der Waals surface area contributed by atoms with E-state index in [0.29, 0.717) is 11.3 Å². The summed E-state index contributed by atoms with van der Waals surface area (Å²) in [7, 11) is 0. The number of rotatable bonds is 1. The number of aromatic nitrogens is 1. The molecule has 70 valence electrons. The molecule has 1 aromatic heterocycles. The van der Waals surface area contributed by atoms with Crippen molar-refractivity contribution < 1.29 is 4.39 Å². The number of aromatic amines is 1. The molecule has 2 aromatic rings. The van der Waals surface area contributed by atoms with Gasteiger partial charge in [-0.25, -0.2) is 4.39 Å². The Bertz CT molecular complexity index is 504. The van der Waals surface area contributed by atoms with Crippen molar-refractivity contribution in [3.63, 3.8) is 0 Å². The maximum atomic E-state index is 13.3. The van der Waals surface area contributed by atoms with Crippen molar-refractivity contribution in [2.45, 2.75) is 0 Å². The Balaban J connectivity index is 2.61. The lowest BCUT2D eigenvalue weighted by atomic mass is 10.1. The number of H-pyrrole nitrogens is 1. The summed E-state index contributed by atoms with van der Waals surface area (Å²) < 4.78 is 13.3. The molecule has 0 amide bonds. The molecule has 1 aromatic carbocycles. The summed E-state index contributed by atoms with van der Waals surface area (Å²) in [6, 6.07) is 11.0. The van der Waals surface area contributed by atoms with Gasteiger partial charge in [0.15, 0.2) is 0 Å². The fourth-order valence-electron chi connectivity index (χ4n) is 1.28. The highest BCUT2D eigenvalue weighted by Gasteiger charge is 2.03. The minimum atomic E-state index is -0.339. The van der Waals surface area contributed by atoms with Crippen molar-refractivity contribution in [2.75, 3.05) is 0 Å². The average Bonchev–Trinajstić information content (AvgIpc) is 2.18. The van der Waals surface area contributed by atoms with E-state index in [1.54, 1.807) is 30.3 Å². The molecule has 0 saturated heterocycles. The van der Waals surface area contributed by atoms with Gasteiger partial charge in [-0.2, -0.15) is 0 Å². The second-order valence-electron chi connectivity index (χ2n) is 2.91. The minimum absolute atomic E-state index is 0.231. The molecule has 0 aliphatic heterocycles. The van der Waals surface area contributed by atoms with Crippen LogP contribution in [0.25, 0.3) is 11.3 Å². The predicted molar refractivity (Wildman–Crippen MR) is 52.5 cm³/mol. The Morgan fingerprint density at radius 3 is 2.50 bits per heavy atom. The molecule has 0 fully saturated rings. The summed E-state index contributed by atoms with van der Waals surface area (Å²) in [4.78, 5) is 13.6. The van der Waals surface area contributed by atoms with Gasteiger partial charge in [0.05, 0.1) is 5.69 Å². The highest BCUT2D eigenvalue weighted by molar-refractivity contribution is 5.59. The van der Waals surface area contributed by atoms with E-state index in [1.807, 2.05) is 0 Å². The van der Waals surface area contributed by atoms with Crippen molar-refractivity contribution in [2.24, 2.45) is 0 Å². The second-order valence-corrected chi connectivity index (χ2v) is 2.91. The highest BCUT2D eigenvalue weighted by atomic mass is 19.1. The smallest absolute Gasteiger partial charge is 0.248 e. The van der Waals surface area contributed by atoms with Crippen LogP contribution < -0.4 is 5.56 Å².